The molecule has 0 aliphatic rings. The molecule has 3 heteroatoms. The second kappa shape index (κ2) is 5.81. The Morgan fingerprint density at radius 3 is 2.93 bits per heavy atom. The Labute approximate surface area is 85.9 Å². The molecule has 0 saturated carbocycles. The molecular weight excluding hydrogens is 176 g/mol. The number of oxazole rings is 1. The van der Waals surface area contributed by atoms with E-state index in [-0.39, 0.29) is 0 Å². The number of aryl methyl sites for hydroxylation is 1. The van der Waals surface area contributed by atoms with Gasteiger partial charge in [-0.1, -0.05) is 13.8 Å². The van der Waals surface area contributed by atoms with Crippen molar-refractivity contribution in [2.75, 3.05) is 13.6 Å². The van der Waals surface area contributed by atoms with Crippen molar-refractivity contribution in [3.63, 3.8) is 0 Å². The lowest BCUT2D eigenvalue weighted by atomic mass is 10.1. The van der Waals surface area contributed by atoms with E-state index in [2.05, 4.69) is 24.1 Å². The van der Waals surface area contributed by atoms with Gasteiger partial charge >= 0.3 is 0 Å². The first-order chi connectivity index (χ1) is 6.72. The lowest BCUT2D eigenvalue weighted by Crippen LogP contribution is -2.08. The van der Waals surface area contributed by atoms with Gasteiger partial charge in [-0.3, -0.25) is 0 Å². The van der Waals surface area contributed by atoms with Gasteiger partial charge in [-0.25, -0.2) is 4.98 Å². The van der Waals surface area contributed by atoms with E-state index in [1.54, 1.807) is 6.26 Å². The minimum Gasteiger partial charge on any atom is -0.449 e. The monoisotopic (exact) mass is 196 g/mol. The van der Waals surface area contributed by atoms with E-state index in [9.17, 15) is 0 Å². The first-order valence-corrected chi connectivity index (χ1v) is 5.30. The highest BCUT2D eigenvalue weighted by Gasteiger charge is 2.05. The quantitative estimate of drug-likeness (QED) is 0.707. The van der Waals surface area contributed by atoms with Crippen LogP contribution in [0.5, 0.6) is 0 Å². The molecule has 0 saturated heterocycles. The van der Waals surface area contributed by atoms with Gasteiger partial charge in [0.25, 0.3) is 0 Å². The minimum absolute atomic E-state index is 0.610. The summed E-state index contributed by atoms with van der Waals surface area (Å²) in [5.41, 5.74) is 1.08. The summed E-state index contributed by atoms with van der Waals surface area (Å²) in [6.07, 6.45) is 4.84. The number of nitrogens with one attached hydrogen (secondary N) is 1. The molecule has 0 unspecified atom stereocenters. The van der Waals surface area contributed by atoms with Crippen LogP contribution in [0.3, 0.4) is 0 Å². The third kappa shape index (κ3) is 3.92. The van der Waals surface area contributed by atoms with Gasteiger partial charge in [-0.2, -0.15) is 0 Å². The summed E-state index contributed by atoms with van der Waals surface area (Å²) in [5, 5.41) is 3.12. The molecule has 0 spiro atoms. The van der Waals surface area contributed by atoms with Gasteiger partial charge in [0.05, 0.1) is 5.69 Å². The molecule has 80 valence electrons. The summed E-state index contributed by atoms with van der Waals surface area (Å²) in [5.74, 6) is 1.48. The molecule has 0 amide bonds. The van der Waals surface area contributed by atoms with E-state index in [1.165, 1.54) is 0 Å². The lowest BCUT2D eigenvalue weighted by Gasteiger charge is -1.97. The summed E-state index contributed by atoms with van der Waals surface area (Å²) < 4.78 is 5.37. The van der Waals surface area contributed by atoms with Crippen LogP contribution in [0.1, 0.15) is 31.9 Å². The molecule has 0 aliphatic carbocycles. The van der Waals surface area contributed by atoms with Crippen molar-refractivity contribution in [3.8, 4) is 0 Å². The molecule has 14 heavy (non-hydrogen) atoms. The Hall–Kier alpha value is -0.830. The summed E-state index contributed by atoms with van der Waals surface area (Å²) in [6.45, 7) is 5.38. The van der Waals surface area contributed by atoms with Gasteiger partial charge in [-0.15, -0.1) is 0 Å². The van der Waals surface area contributed by atoms with Crippen LogP contribution in [0, 0.1) is 5.92 Å². The van der Waals surface area contributed by atoms with Crippen molar-refractivity contribution in [2.24, 2.45) is 5.92 Å². The Morgan fingerprint density at radius 2 is 2.29 bits per heavy atom. The average Bonchev–Trinajstić information content (AvgIpc) is 2.52. The van der Waals surface area contributed by atoms with E-state index >= 15 is 0 Å². The number of aromatic nitrogens is 1. The third-order valence-electron chi connectivity index (χ3n) is 2.04. The second-order valence-electron chi connectivity index (χ2n) is 4.04. The fraction of sp³-hybridized carbons (Fsp3) is 0.727. The fourth-order valence-corrected chi connectivity index (χ4v) is 1.35. The molecule has 0 bridgehead atoms. The topological polar surface area (TPSA) is 38.1 Å². The maximum atomic E-state index is 5.37. The van der Waals surface area contributed by atoms with Gasteiger partial charge in [-0.05, 0) is 32.4 Å². The van der Waals surface area contributed by atoms with Crippen LogP contribution in [-0.4, -0.2) is 18.6 Å². The highest BCUT2D eigenvalue weighted by Crippen LogP contribution is 2.09. The molecule has 0 fully saturated rings. The molecule has 1 N–H and O–H groups in total. The molecule has 0 radical (unpaired) electrons. The van der Waals surface area contributed by atoms with Crippen LogP contribution in [0.15, 0.2) is 10.7 Å². The van der Waals surface area contributed by atoms with Crippen LogP contribution in [0.4, 0.5) is 0 Å². The zero-order valence-electron chi connectivity index (χ0n) is 9.34. The molecule has 0 aromatic carbocycles. The van der Waals surface area contributed by atoms with Crippen LogP contribution in [-0.2, 0) is 12.8 Å². The SMILES string of the molecule is CNCCCc1coc(CC(C)C)n1. The van der Waals surface area contributed by atoms with Crippen molar-refractivity contribution in [3.05, 3.63) is 17.8 Å². The van der Waals surface area contributed by atoms with Crippen molar-refractivity contribution in [1.29, 1.82) is 0 Å². The molecule has 1 aromatic rings. The number of hydrogen-bond acceptors (Lipinski definition) is 3. The highest BCUT2D eigenvalue weighted by atomic mass is 16.3. The average molecular weight is 196 g/mol. The van der Waals surface area contributed by atoms with E-state index in [0.29, 0.717) is 5.92 Å². The predicted octanol–water partition coefficient (Wildman–Crippen LogP) is 2.03. The van der Waals surface area contributed by atoms with Crippen molar-refractivity contribution >= 4 is 0 Å². The van der Waals surface area contributed by atoms with E-state index in [1.807, 2.05) is 7.05 Å². The Kier molecular flexibility index (Phi) is 4.66. The third-order valence-corrected chi connectivity index (χ3v) is 2.04. The maximum absolute atomic E-state index is 5.37. The number of rotatable bonds is 6. The predicted molar refractivity (Wildman–Crippen MR) is 57.3 cm³/mol. The molecule has 1 heterocycles. The summed E-state index contributed by atoms with van der Waals surface area (Å²) in [7, 11) is 1.97. The Bertz CT molecular complexity index is 256. The Morgan fingerprint density at radius 1 is 1.50 bits per heavy atom. The molecule has 3 nitrogen and oxygen atoms in total. The first-order valence-electron chi connectivity index (χ1n) is 5.30. The smallest absolute Gasteiger partial charge is 0.194 e. The van der Waals surface area contributed by atoms with Gasteiger partial charge in [0.15, 0.2) is 5.89 Å². The van der Waals surface area contributed by atoms with E-state index in [4.69, 9.17) is 4.42 Å². The van der Waals surface area contributed by atoms with Gasteiger partial charge in [0, 0.05) is 6.42 Å². The van der Waals surface area contributed by atoms with E-state index < -0.39 is 0 Å². The van der Waals surface area contributed by atoms with Crippen LogP contribution >= 0.6 is 0 Å². The van der Waals surface area contributed by atoms with Crippen LogP contribution in [0.2, 0.25) is 0 Å². The van der Waals surface area contributed by atoms with Crippen molar-refractivity contribution < 1.29 is 4.42 Å². The summed E-state index contributed by atoms with van der Waals surface area (Å²) in [6, 6.07) is 0. The number of hydrogen-bond donors (Lipinski definition) is 1. The zero-order valence-corrected chi connectivity index (χ0v) is 9.34. The molecular formula is C11H20N2O. The Balaban J connectivity index is 2.35. The fourth-order valence-electron chi connectivity index (χ4n) is 1.35. The normalized spacial score (nSPS) is 11.1. The van der Waals surface area contributed by atoms with Gasteiger partial charge < -0.3 is 9.73 Å². The molecule has 1 rings (SSSR count). The van der Waals surface area contributed by atoms with Gasteiger partial charge in [0.1, 0.15) is 6.26 Å². The number of nitrogens with zero attached hydrogens (tertiary/aromatic N) is 1. The molecule has 0 aliphatic heterocycles. The molecule has 0 atom stereocenters. The standard InChI is InChI=1S/C11H20N2O/c1-9(2)7-11-13-10(8-14-11)5-4-6-12-3/h8-9,12H,4-7H2,1-3H3. The maximum Gasteiger partial charge on any atom is 0.194 e. The zero-order chi connectivity index (χ0) is 10.4. The van der Waals surface area contributed by atoms with Crippen LogP contribution < -0.4 is 5.32 Å². The van der Waals surface area contributed by atoms with Crippen LogP contribution in [0.25, 0.3) is 0 Å². The summed E-state index contributed by atoms with van der Waals surface area (Å²) >= 11 is 0. The largest absolute Gasteiger partial charge is 0.449 e. The van der Waals surface area contributed by atoms with Crippen molar-refractivity contribution in [2.45, 2.75) is 33.1 Å². The summed E-state index contributed by atoms with van der Waals surface area (Å²) in [4.78, 5) is 4.43. The first kappa shape index (κ1) is 11.2. The van der Waals surface area contributed by atoms with Crippen molar-refractivity contribution in [1.82, 2.24) is 10.3 Å². The minimum atomic E-state index is 0.610. The lowest BCUT2D eigenvalue weighted by molar-refractivity contribution is 0.457. The second-order valence-corrected chi connectivity index (χ2v) is 4.04. The highest BCUT2D eigenvalue weighted by molar-refractivity contribution is 4.97. The van der Waals surface area contributed by atoms with Gasteiger partial charge in [0.2, 0.25) is 0 Å². The molecule has 1 aromatic heterocycles. The van der Waals surface area contributed by atoms with E-state index in [0.717, 1.165) is 37.4 Å².